The minimum absolute atomic E-state index is 0.0828. The normalized spacial score (nSPS) is 10.9. The quantitative estimate of drug-likeness (QED) is 0.904. The summed E-state index contributed by atoms with van der Waals surface area (Å²) in [5.74, 6) is -0.354. The number of hydrogen-bond acceptors (Lipinski definition) is 3. The highest BCUT2D eigenvalue weighted by Crippen LogP contribution is 2.31. The van der Waals surface area contributed by atoms with Crippen LogP contribution in [0, 0.1) is 5.82 Å². The fraction of sp³-hybridized carbons (Fsp3) is 0.214. The lowest BCUT2D eigenvalue weighted by Crippen LogP contribution is -2.10. The minimum Gasteiger partial charge on any atom is -0.507 e. The van der Waals surface area contributed by atoms with Crippen molar-refractivity contribution in [3.8, 4) is 16.9 Å². The van der Waals surface area contributed by atoms with Crippen LogP contribution in [0.4, 0.5) is 4.39 Å². The Hall–Kier alpha value is -1.94. The SMILES string of the molecule is CN(C)Cc1ccc(-c2ccncc2F)c(O)c1. The van der Waals surface area contributed by atoms with Crippen molar-refractivity contribution in [2.75, 3.05) is 14.1 Å². The monoisotopic (exact) mass is 246 g/mol. The molecule has 94 valence electrons. The van der Waals surface area contributed by atoms with Crippen LogP contribution < -0.4 is 0 Å². The minimum atomic E-state index is -0.437. The number of nitrogens with zero attached hydrogens (tertiary/aromatic N) is 2. The van der Waals surface area contributed by atoms with E-state index in [1.54, 1.807) is 18.2 Å². The van der Waals surface area contributed by atoms with Crippen LogP contribution in [0.2, 0.25) is 0 Å². The van der Waals surface area contributed by atoms with Gasteiger partial charge < -0.3 is 10.0 Å². The van der Waals surface area contributed by atoms with Crippen molar-refractivity contribution in [3.05, 3.63) is 48.0 Å². The van der Waals surface area contributed by atoms with E-state index in [0.29, 0.717) is 11.1 Å². The van der Waals surface area contributed by atoms with Crippen LogP contribution in [0.3, 0.4) is 0 Å². The van der Waals surface area contributed by atoms with Crippen molar-refractivity contribution in [3.63, 3.8) is 0 Å². The summed E-state index contributed by atoms with van der Waals surface area (Å²) in [4.78, 5) is 5.70. The molecule has 1 aromatic heterocycles. The van der Waals surface area contributed by atoms with Gasteiger partial charge in [0.15, 0.2) is 0 Å². The predicted octanol–water partition coefficient (Wildman–Crippen LogP) is 2.65. The van der Waals surface area contributed by atoms with Gasteiger partial charge in [0.05, 0.1) is 6.20 Å². The van der Waals surface area contributed by atoms with Gasteiger partial charge in [-0.2, -0.15) is 0 Å². The molecule has 2 aromatic rings. The Morgan fingerprint density at radius 1 is 1.22 bits per heavy atom. The lowest BCUT2D eigenvalue weighted by molar-refractivity contribution is 0.400. The molecule has 0 radical (unpaired) electrons. The van der Waals surface area contributed by atoms with Gasteiger partial charge in [0, 0.05) is 23.9 Å². The molecule has 0 aliphatic heterocycles. The van der Waals surface area contributed by atoms with Crippen LogP contribution in [0.1, 0.15) is 5.56 Å². The van der Waals surface area contributed by atoms with E-state index in [1.807, 2.05) is 25.1 Å². The highest BCUT2D eigenvalue weighted by Gasteiger charge is 2.10. The van der Waals surface area contributed by atoms with Crippen LogP contribution >= 0.6 is 0 Å². The average Bonchev–Trinajstić information content (AvgIpc) is 2.30. The molecule has 0 saturated heterocycles. The zero-order valence-electron chi connectivity index (χ0n) is 10.4. The third kappa shape index (κ3) is 2.65. The van der Waals surface area contributed by atoms with Crippen LogP contribution in [-0.2, 0) is 6.54 Å². The van der Waals surface area contributed by atoms with E-state index in [0.717, 1.165) is 18.3 Å². The molecule has 0 unspecified atom stereocenters. The van der Waals surface area contributed by atoms with Crippen LogP contribution in [0.25, 0.3) is 11.1 Å². The number of benzene rings is 1. The second-order valence-electron chi connectivity index (χ2n) is 4.44. The maximum Gasteiger partial charge on any atom is 0.149 e. The van der Waals surface area contributed by atoms with Crippen LogP contribution in [0.15, 0.2) is 36.7 Å². The maximum absolute atomic E-state index is 13.6. The molecule has 0 spiro atoms. The maximum atomic E-state index is 13.6. The number of aromatic nitrogens is 1. The summed E-state index contributed by atoms with van der Waals surface area (Å²) in [5, 5.41) is 9.98. The van der Waals surface area contributed by atoms with E-state index < -0.39 is 5.82 Å². The van der Waals surface area contributed by atoms with Gasteiger partial charge in [-0.05, 0) is 31.8 Å². The fourth-order valence-corrected chi connectivity index (χ4v) is 1.86. The predicted molar refractivity (Wildman–Crippen MR) is 68.7 cm³/mol. The molecule has 0 bridgehead atoms. The van der Waals surface area contributed by atoms with E-state index in [1.165, 1.54) is 6.20 Å². The molecule has 0 amide bonds. The van der Waals surface area contributed by atoms with Gasteiger partial charge >= 0.3 is 0 Å². The zero-order valence-corrected chi connectivity index (χ0v) is 10.4. The zero-order chi connectivity index (χ0) is 13.1. The first-order valence-electron chi connectivity index (χ1n) is 5.64. The molecule has 18 heavy (non-hydrogen) atoms. The first-order valence-corrected chi connectivity index (χ1v) is 5.64. The smallest absolute Gasteiger partial charge is 0.149 e. The number of rotatable bonds is 3. The standard InChI is InChI=1S/C14H15FN2O/c1-17(2)9-10-3-4-12(14(18)7-10)11-5-6-16-8-13(11)15/h3-8,18H,9H2,1-2H3. The van der Waals surface area contributed by atoms with Gasteiger partial charge in [-0.15, -0.1) is 0 Å². The number of hydrogen-bond donors (Lipinski definition) is 1. The van der Waals surface area contributed by atoms with Crippen molar-refractivity contribution in [2.45, 2.75) is 6.54 Å². The summed E-state index contributed by atoms with van der Waals surface area (Å²) >= 11 is 0. The third-order valence-electron chi connectivity index (χ3n) is 2.62. The van der Waals surface area contributed by atoms with Crippen molar-refractivity contribution in [1.29, 1.82) is 0 Å². The molecule has 0 atom stereocenters. The molecule has 1 aromatic carbocycles. The molecule has 4 heteroatoms. The average molecular weight is 246 g/mol. The molecule has 0 fully saturated rings. The molecular formula is C14H15FN2O. The fourth-order valence-electron chi connectivity index (χ4n) is 1.86. The first kappa shape index (κ1) is 12.5. The summed E-state index contributed by atoms with van der Waals surface area (Å²) < 4.78 is 13.6. The molecule has 0 aliphatic carbocycles. The third-order valence-corrected chi connectivity index (χ3v) is 2.62. The second-order valence-corrected chi connectivity index (χ2v) is 4.44. The Balaban J connectivity index is 2.39. The Labute approximate surface area is 106 Å². The van der Waals surface area contributed by atoms with E-state index in [9.17, 15) is 9.50 Å². The van der Waals surface area contributed by atoms with Gasteiger partial charge in [-0.1, -0.05) is 12.1 Å². The number of halogens is 1. The molecule has 1 heterocycles. The van der Waals surface area contributed by atoms with E-state index in [2.05, 4.69) is 4.98 Å². The molecule has 1 N–H and O–H groups in total. The first-order chi connectivity index (χ1) is 8.58. The Morgan fingerprint density at radius 2 is 2.00 bits per heavy atom. The van der Waals surface area contributed by atoms with Crippen LogP contribution in [-0.4, -0.2) is 29.1 Å². The van der Waals surface area contributed by atoms with Gasteiger partial charge in [-0.25, -0.2) is 4.39 Å². The molecule has 0 aliphatic rings. The second kappa shape index (κ2) is 5.14. The van der Waals surface area contributed by atoms with E-state index in [-0.39, 0.29) is 5.75 Å². The molecule has 0 saturated carbocycles. The summed E-state index contributed by atoms with van der Waals surface area (Å²) in [5.41, 5.74) is 1.83. The van der Waals surface area contributed by atoms with Gasteiger partial charge in [0.2, 0.25) is 0 Å². The van der Waals surface area contributed by atoms with Crippen molar-refractivity contribution >= 4 is 0 Å². The Kier molecular flexibility index (Phi) is 3.58. The lowest BCUT2D eigenvalue weighted by atomic mass is 10.0. The van der Waals surface area contributed by atoms with Gasteiger partial charge in [0.25, 0.3) is 0 Å². The topological polar surface area (TPSA) is 36.4 Å². The largest absolute Gasteiger partial charge is 0.507 e. The van der Waals surface area contributed by atoms with Gasteiger partial charge in [0.1, 0.15) is 11.6 Å². The lowest BCUT2D eigenvalue weighted by Gasteiger charge is -2.12. The number of pyridine rings is 1. The van der Waals surface area contributed by atoms with Crippen molar-refractivity contribution in [2.24, 2.45) is 0 Å². The summed E-state index contributed by atoms with van der Waals surface area (Å²) in [6, 6.07) is 6.83. The molecule has 3 nitrogen and oxygen atoms in total. The van der Waals surface area contributed by atoms with Gasteiger partial charge in [-0.3, -0.25) is 4.98 Å². The van der Waals surface area contributed by atoms with Crippen molar-refractivity contribution < 1.29 is 9.50 Å². The molecule has 2 rings (SSSR count). The summed E-state index contributed by atoms with van der Waals surface area (Å²) in [6.45, 7) is 0.729. The summed E-state index contributed by atoms with van der Waals surface area (Å²) in [7, 11) is 3.90. The highest BCUT2D eigenvalue weighted by molar-refractivity contribution is 5.70. The highest BCUT2D eigenvalue weighted by atomic mass is 19.1. The number of phenols is 1. The van der Waals surface area contributed by atoms with Crippen LogP contribution in [0.5, 0.6) is 5.75 Å². The Bertz CT molecular complexity index is 555. The van der Waals surface area contributed by atoms with E-state index >= 15 is 0 Å². The molecular weight excluding hydrogens is 231 g/mol. The van der Waals surface area contributed by atoms with E-state index in [4.69, 9.17) is 0 Å². The summed E-state index contributed by atoms with van der Waals surface area (Å²) in [6.07, 6.45) is 2.65. The number of phenolic OH excluding ortho intramolecular Hbond substituents is 1. The van der Waals surface area contributed by atoms with Crippen molar-refractivity contribution in [1.82, 2.24) is 9.88 Å². The Morgan fingerprint density at radius 3 is 2.61 bits per heavy atom. The number of aromatic hydroxyl groups is 1.